The van der Waals surface area contributed by atoms with E-state index in [1.807, 2.05) is 0 Å². The zero-order valence-electron chi connectivity index (χ0n) is 17.2. The number of rotatable bonds is 5. The summed E-state index contributed by atoms with van der Waals surface area (Å²) in [4.78, 5) is 20.0. The molecule has 162 valence electrons. The van der Waals surface area contributed by atoms with Gasteiger partial charge in [0.1, 0.15) is 11.3 Å². The molecule has 0 radical (unpaired) electrons. The second-order valence-corrected chi connectivity index (χ2v) is 8.84. The number of anilines is 2. The lowest BCUT2D eigenvalue weighted by atomic mass is 9.93. The van der Waals surface area contributed by atoms with Crippen LogP contribution >= 0.6 is 15.9 Å². The molecule has 0 unspecified atom stereocenters. The van der Waals surface area contributed by atoms with E-state index >= 15 is 0 Å². The number of aromatic nitrogens is 4. The zero-order valence-corrected chi connectivity index (χ0v) is 18.8. The molecule has 2 aromatic heterocycles. The van der Waals surface area contributed by atoms with Crippen molar-refractivity contribution in [3.05, 3.63) is 41.4 Å². The van der Waals surface area contributed by atoms with Crippen molar-refractivity contribution >= 4 is 38.6 Å². The molecular formula is C22H25BrN6O2. The van der Waals surface area contributed by atoms with Gasteiger partial charge in [0.25, 0.3) is 0 Å². The maximum Gasteiger partial charge on any atom is 0.222 e. The van der Waals surface area contributed by atoms with E-state index in [4.69, 9.17) is 9.47 Å². The Labute approximate surface area is 189 Å². The van der Waals surface area contributed by atoms with Crippen molar-refractivity contribution in [2.75, 3.05) is 36.5 Å². The Kier molecular flexibility index (Phi) is 6.13. The number of ether oxygens (including phenoxy) is 2. The number of benzene rings is 1. The van der Waals surface area contributed by atoms with Gasteiger partial charge in [-0.1, -0.05) is 0 Å². The van der Waals surface area contributed by atoms with Crippen LogP contribution in [0, 0.1) is 0 Å². The monoisotopic (exact) mass is 484 g/mol. The van der Waals surface area contributed by atoms with E-state index < -0.39 is 0 Å². The Morgan fingerprint density at radius 3 is 2.48 bits per heavy atom. The molecule has 2 aliphatic rings. The van der Waals surface area contributed by atoms with Gasteiger partial charge in [0.05, 0.1) is 29.3 Å². The van der Waals surface area contributed by atoms with Gasteiger partial charge in [-0.15, -0.1) is 0 Å². The van der Waals surface area contributed by atoms with Crippen LogP contribution in [0.5, 0.6) is 5.75 Å². The van der Waals surface area contributed by atoms with Crippen LogP contribution in [0.1, 0.15) is 25.7 Å². The average Bonchev–Trinajstić information content (AvgIpc) is 2.82. The lowest BCUT2D eigenvalue weighted by molar-refractivity contribution is 0.122. The highest BCUT2D eigenvalue weighted by Crippen LogP contribution is 2.33. The normalized spacial score (nSPS) is 21.8. The lowest BCUT2D eigenvalue weighted by Gasteiger charge is -2.31. The lowest BCUT2D eigenvalue weighted by Crippen LogP contribution is -2.36. The Hall–Kier alpha value is -2.52. The molecule has 3 heterocycles. The van der Waals surface area contributed by atoms with Gasteiger partial charge >= 0.3 is 0 Å². The molecule has 0 bridgehead atoms. The fourth-order valence-electron chi connectivity index (χ4n) is 4.20. The molecule has 1 aromatic carbocycles. The van der Waals surface area contributed by atoms with Crippen molar-refractivity contribution in [2.45, 2.75) is 37.8 Å². The molecule has 2 fully saturated rings. The molecule has 1 saturated heterocycles. The topological polar surface area (TPSA) is 85.3 Å². The summed E-state index contributed by atoms with van der Waals surface area (Å²) in [6.07, 6.45) is 11.1. The van der Waals surface area contributed by atoms with Gasteiger partial charge in [0.15, 0.2) is 0 Å². The molecular weight excluding hydrogens is 460 g/mol. The molecule has 1 aliphatic carbocycles. The highest BCUT2D eigenvalue weighted by Gasteiger charge is 2.24. The average molecular weight is 485 g/mol. The summed E-state index contributed by atoms with van der Waals surface area (Å²) in [7, 11) is 0. The molecule has 31 heavy (non-hydrogen) atoms. The quantitative estimate of drug-likeness (QED) is 0.584. The molecule has 0 atom stereocenters. The van der Waals surface area contributed by atoms with Gasteiger partial charge in [-0.25, -0.2) is 15.0 Å². The third-order valence-corrected chi connectivity index (χ3v) is 6.23. The van der Waals surface area contributed by atoms with E-state index in [0.717, 1.165) is 78.9 Å². The molecule has 1 saturated carbocycles. The fraction of sp³-hybridized carbons (Fsp3) is 0.455. The summed E-state index contributed by atoms with van der Waals surface area (Å²) < 4.78 is 12.9. The van der Waals surface area contributed by atoms with Gasteiger partial charge in [-0.2, -0.15) is 0 Å². The Morgan fingerprint density at radius 1 is 0.968 bits per heavy atom. The summed E-state index contributed by atoms with van der Waals surface area (Å²) >= 11 is 3.37. The van der Waals surface area contributed by atoms with Gasteiger partial charge in [0.2, 0.25) is 5.95 Å². The van der Waals surface area contributed by atoms with Crippen molar-refractivity contribution in [3.8, 4) is 5.75 Å². The number of hydrogen-bond acceptors (Lipinski definition) is 8. The third-order valence-electron chi connectivity index (χ3n) is 5.82. The SMILES string of the molecule is Brc1cnc(N[C@H]2CC[C@@H](Oc3cc(N4CCOCC4)cc4nccnc34)CC2)nc1. The number of halogens is 1. The van der Waals surface area contributed by atoms with Gasteiger partial charge < -0.3 is 19.7 Å². The maximum absolute atomic E-state index is 6.49. The van der Waals surface area contributed by atoms with Crippen LogP contribution in [0.15, 0.2) is 41.4 Å². The Balaban J connectivity index is 1.27. The van der Waals surface area contributed by atoms with E-state index in [2.05, 4.69) is 58.2 Å². The summed E-state index contributed by atoms with van der Waals surface area (Å²) in [5, 5.41) is 3.43. The highest BCUT2D eigenvalue weighted by atomic mass is 79.9. The molecule has 9 heteroatoms. The predicted octanol–water partition coefficient (Wildman–Crippen LogP) is 3.82. The number of morpholine rings is 1. The second-order valence-electron chi connectivity index (χ2n) is 7.93. The number of nitrogens with zero attached hydrogens (tertiary/aromatic N) is 5. The van der Waals surface area contributed by atoms with Gasteiger partial charge in [-0.05, 0) is 47.7 Å². The minimum Gasteiger partial charge on any atom is -0.488 e. The maximum atomic E-state index is 6.49. The molecule has 1 N–H and O–H groups in total. The summed E-state index contributed by atoms with van der Waals surface area (Å²) in [5.41, 5.74) is 2.81. The third kappa shape index (κ3) is 4.88. The van der Waals surface area contributed by atoms with E-state index in [-0.39, 0.29) is 6.10 Å². The number of fused-ring (bicyclic) bond motifs is 1. The molecule has 0 amide bonds. The first-order valence-corrected chi connectivity index (χ1v) is 11.5. The van der Waals surface area contributed by atoms with Crippen molar-refractivity contribution < 1.29 is 9.47 Å². The van der Waals surface area contributed by atoms with E-state index in [9.17, 15) is 0 Å². The zero-order chi connectivity index (χ0) is 21.0. The van der Waals surface area contributed by atoms with E-state index in [1.54, 1.807) is 24.8 Å². The van der Waals surface area contributed by atoms with Gasteiger partial charge in [-0.3, -0.25) is 4.98 Å². The van der Waals surface area contributed by atoms with Crippen LogP contribution in [-0.4, -0.2) is 58.4 Å². The summed E-state index contributed by atoms with van der Waals surface area (Å²) in [6, 6.07) is 4.57. The van der Waals surface area contributed by atoms with E-state index in [1.165, 1.54) is 0 Å². The first-order valence-electron chi connectivity index (χ1n) is 10.7. The fourth-order valence-corrected chi connectivity index (χ4v) is 4.40. The van der Waals surface area contributed by atoms with Crippen LogP contribution in [0.2, 0.25) is 0 Å². The molecule has 5 rings (SSSR count). The Morgan fingerprint density at radius 2 is 1.71 bits per heavy atom. The molecule has 0 spiro atoms. The van der Waals surface area contributed by atoms with Crippen molar-refractivity contribution in [3.63, 3.8) is 0 Å². The minimum atomic E-state index is 0.161. The highest BCUT2D eigenvalue weighted by molar-refractivity contribution is 9.10. The first-order chi connectivity index (χ1) is 15.2. The van der Waals surface area contributed by atoms with Gasteiger partial charge in [0, 0.05) is 55.7 Å². The van der Waals surface area contributed by atoms with Crippen LogP contribution in [0.4, 0.5) is 11.6 Å². The largest absolute Gasteiger partial charge is 0.488 e. The van der Waals surface area contributed by atoms with Crippen LogP contribution in [0.25, 0.3) is 11.0 Å². The van der Waals surface area contributed by atoms with Crippen molar-refractivity contribution in [1.82, 2.24) is 19.9 Å². The molecule has 1 aliphatic heterocycles. The van der Waals surface area contributed by atoms with Crippen LogP contribution in [0.3, 0.4) is 0 Å². The van der Waals surface area contributed by atoms with E-state index in [0.29, 0.717) is 12.0 Å². The number of hydrogen-bond donors (Lipinski definition) is 1. The molecule has 3 aromatic rings. The predicted molar refractivity (Wildman–Crippen MR) is 123 cm³/mol. The first kappa shape index (κ1) is 20.4. The summed E-state index contributed by atoms with van der Waals surface area (Å²) in [5.74, 6) is 1.49. The van der Waals surface area contributed by atoms with Crippen molar-refractivity contribution in [2.24, 2.45) is 0 Å². The van der Waals surface area contributed by atoms with Crippen LogP contribution in [-0.2, 0) is 4.74 Å². The Bertz CT molecular complexity index is 1020. The second kappa shape index (κ2) is 9.32. The minimum absolute atomic E-state index is 0.161. The number of nitrogens with one attached hydrogen (secondary N) is 1. The molecule has 8 nitrogen and oxygen atoms in total. The standard InChI is InChI=1S/C22H25BrN6O2/c23-15-13-26-22(27-14-15)28-16-1-3-18(4-2-16)31-20-12-17(29-7-9-30-10-8-29)11-19-21(20)25-6-5-24-19/h5-6,11-14,16,18H,1-4,7-10H2,(H,26,27,28)/t16-,18+. The van der Waals surface area contributed by atoms with Crippen molar-refractivity contribution in [1.29, 1.82) is 0 Å². The van der Waals surface area contributed by atoms with Crippen LogP contribution < -0.4 is 15.0 Å². The smallest absolute Gasteiger partial charge is 0.222 e. The summed E-state index contributed by atoms with van der Waals surface area (Å²) in [6.45, 7) is 3.24.